The normalized spacial score (nSPS) is 29.2. The molecule has 0 radical (unpaired) electrons. The summed E-state index contributed by atoms with van der Waals surface area (Å²) in [5.41, 5.74) is 0. The topological polar surface area (TPSA) is 12.0 Å². The lowest BCUT2D eigenvalue weighted by atomic mass is 9.78. The molecule has 0 aromatic heterocycles. The molecule has 2 unspecified atom stereocenters. The molecule has 1 heteroatoms. The van der Waals surface area contributed by atoms with Crippen molar-refractivity contribution in [2.24, 2.45) is 11.8 Å². The average molecular weight is 265 g/mol. The molecule has 0 amide bonds. The average Bonchev–Trinajstić information content (AvgIpc) is 2.59. The van der Waals surface area contributed by atoms with E-state index in [1.165, 1.54) is 90.0 Å². The molecule has 2 atom stereocenters. The summed E-state index contributed by atoms with van der Waals surface area (Å²) < 4.78 is 0. The molecule has 1 heterocycles. The molecule has 19 heavy (non-hydrogen) atoms. The SMILES string of the molecule is CCC(CC1CCCCN1)C1CCCCCCCC1. The lowest BCUT2D eigenvalue weighted by molar-refractivity contribution is 0.222. The Morgan fingerprint density at radius 3 is 2.05 bits per heavy atom. The van der Waals surface area contributed by atoms with Gasteiger partial charge >= 0.3 is 0 Å². The van der Waals surface area contributed by atoms with Crippen molar-refractivity contribution in [3.63, 3.8) is 0 Å². The number of nitrogens with one attached hydrogen (secondary N) is 1. The van der Waals surface area contributed by atoms with E-state index in [-0.39, 0.29) is 0 Å². The van der Waals surface area contributed by atoms with Gasteiger partial charge in [0.1, 0.15) is 0 Å². The van der Waals surface area contributed by atoms with E-state index in [0.29, 0.717) is 0 Å². The molecule has 1 N–H and O–H groups in total. The van der Waals surface area contributed by atoms with Crippen LogP contribution in [-0.2, 0) is 0 Å². The van der Waals surface area contributed by atoms with Gasteiger partial charge in [-0.1, -0.05) is 71.1 Å². The maximum atomic E-state index is 3.76. The van der Waals surface area contributed by atoms with Crippen LogP contribution < -0.4 is 5.32 Å². The van der Waals surface area contributed by atoms with Crippen LogP contribution in [0.2, 0.25) is 0 Å². The largest absolute Gasteiger partial charge is 0.314 e. The van der Waals surface area contributed by atoms with E-state index in [1.54, 1.807) is 0 Å². The first-order chi connectivity index (χ1) is 9.40. The predicted octanol–water partition coefficient (Wildman–Crippen LogP) is 5.30. The predicted molar refractivity (Wildman–Crippen MR) is 84.5 cm³/mol. The molecule has 1 saturated carbocycles. The van der Waals surface area contributed by atoms with E-state index < -0.39 is 0 Å². The smallest absolute Gasteiger partial charge is 0.00698 e. The van der Waals surface area contributed by atoms with Gasteiger partial charge in [0.25, 0.3) is 0 Å². The van der Waals surface area contributed by atoms with Crippen molar-refractivity contribution in [1.82, 2.24) is 5.32 Å². The summed E-state index contributed by atoms with van der Waals surface area (Å²) in [4.78, 5) is 0. The fraction of sp³-hybridized carbons (Fsp3) is 1.00. The summed E-state index contributed by atoms with van der Waals surface area (Å²) >= 11 is 0. The molecular weight excluding hydrogens is 230 g/mol. The third kappa shape index (κ3) is 5.45. The van der Waals surface area contributed by atoms with E-state index in [4.69, 9.17) is 0 Å². The lowest BCUT2D eigenvalue weighted by Crippen LogP contribution is -2.36. The standard InChI is InChI=1S/C18H35N/c1-2-16(15-18-13-9-10-14-19-18)17-11-7-5-3-4-6-8-12-17/h16-19H,2-15H2,1H3. The minimum Gasteiger partial charge on any atom is -0.314 e. The van der Waals surface area contributed by atoms with Crippen molar-refractivity contribution in [2.75, 3.05) is 6.54 Å². The minimum atomic E-state index is 0.839. The van der Waals surface area contributed by atoms with Crippen LogP contribution in [0.4, 0.5) is 0 Å². The molecule has 112 valence electrons. The highest BCUT2D eigenvalue weighted by atomic mass is 14.9. The first-order valence-corrected chi connectivity index (χ1v) is 9.13. The molecule has 0 spiro atoms. The Kier molecular flexibility index (Phi) is 7.27. The second-order valence-electron chi connectivity index (χ2n) is 7.01. The minimum absolute atomic E-state index is 0.839. The van der Waals surface area contributed by atoms with Crippen LogP contribution in [0.15, 0.2) is 0 Å². The molecule has 2 rings (SSSR count). The van der Waals surface area contributed by atoms with Crippen molar-refractivity contribution >= 4 is 0 Å². The van der Waals surface area contributed by atoms with E-state index in [9.17, 15) is 0 Å². The lowest BCUT2D eigenvalue weighted by Gasteiger charge is -2.32. The van der Waals surface area contributed by atoms with Crippen molar-refractivity contribution < 1.29 is 0 Å². The van der Waals surface area contributed by atoms with Crippen LogP contribution in [-0.4, -0.2) is 12.6 Å². The highest BCUT2D eigenvalue weighted by Crippen LogP contribution is 2.33. The molecule has 1 saturated heterocycles. The quantitative estimate of drug-likeness (QED) is 0.727. The van der Waals surface area contributed by atoms with Crippen LogP contribution in [0.3, 0.4) is 0 Å². The molecule has 0 aromatic rings. The second-order valence-corrected chi connectivity index (χ2v) is 7.01. The van der Waals surface area contributed by atoms with E-state index >= 15 is 0 Å². The van der Waals surface area contributed by atoms with Crippen LogP contribution in [0.25, 0.3) is 0 Å². The van der Waals surface area contributed by atoms with Gasteiger partial charge in [0.15, 0.2) is 0 Å². The maximum absolute atomic E-state index is 3.76. The van der Waals surface area contributed by atoms with Gasteiger partial charge in [-0.15, -0.1) is 0 Å². The summed E-state index contributed by atoms with van der Waals surface area (Å²) in [5.74, 6) is 2.03. The fourth-order valence-electron chi connectivity index (χ4n) is 4.32. The summed E-state index contributed by atoms with van der Waals surface area (Å²) in [6.07, 6.45) is 19.2. The molecular formula is C18H35N. The Bertz CT molecular complexity index is 210. The van der Waals surface area contributed by atoms with Gasteiger partial charge in [-0.2, -0.15) is 0 Å². The van der Waals surface area contributed by atoms with Gasteiger partial charge in [0.05, 0.1) is 0 Å². The van der Waals surface area contributed by atoms with E-state index in [0.717, 1.165) is 17.9 Å². The number of piperidine rings is 1. The Morgan fingerprint density at radius 1 is 0.842 bits per heavy atom. The van der Waals surface area contributed by atoms with E-state index in [1.807, 2.05) is 0 Å². The molecule has 0 bridgehead atoms. The Hall–Kier alpha value is -0.0400. The van der Waals surface area contributed by atoms with Gasteiger partial charge in [0.2, 0.25) is 0 Å². The zero-order chi connectivity index (χ0) is 13.3. The Balaban J connectivity index is 1.82. The fourth-order valence-corrected chi connectivity index (χ4v) is 4.32. The maximum Gasteiger partial charge on any atom is 0.00698 e. The second kappa shape index (κ2) is 9.00. The van der Waals surface area contributed by atoms with Crippen molar-refractivity contribution in [2.45, 2.75) is 96.4 Å². The molecule has 1 nitrogen and oxygen atoms in total. The van der Waals surface area contributed by atoms with Gasteiger partial charge in [-0.05, 0) is 37.6 Å². The van der Waals surface area contributed by atoms with Crippen LogP contribution >= 0.6 is 0 Å². The highest BCUT2D eigenvalue weighted by Gasteiger charge is 2.24. The van der Waals surface area contributed by atoms with Crippen LogP contribution in [0, 0.1) is 11.8 Å². The van der Waals surface area contributed by atoms with Crippen LogP contribution in [0.1, 0.15) is 90.4 Å². The highest BCUT2D eigenvalue weighted by molar-refractivity contribution is 4.79. The summed E-state index contributed by atoms with van der Waals surface area (Å²) in [7, 11) is 0. The zero-order valence-electron chi connectivity index (χ0n) is 13.1. The first-order valence-electron chi connectivity index (χ1n) is 9.13. The monoisotopic (exact) mass is 265 g/mol. The molecule has 2 aliphatic rings. The molecule has 0 aromatic carbocycles. The van der Waals surface area contributed by atoms with Gasteiger partial charge in [-0.25, -0.2) is 0 Å². The van der Waals surface area contributed by atoms with Gasteiger partial charge in [0, 0.05) is 6.04 Å². The van der Waals surface area contributed by atoms with E-state index in [2.05, 4.69) is 12.2 Å². The van der Waals surface area contributed by atoms with Gasteiger partial charge in [-0.3, -0.25) is 0 Å². The van der Waals surface area contributed by atoms with Crippen molar-refractivity contribution in [1.29, 1.82) is 0 Å². The summed E-state index contributed by atoms with van der Waals surface area (Å²) in [6, 6.07) is 0.839. The number of hydrogen-bond donors (Lipinski definition) is 1. The zero-order valence-corrected chi connectivity index (χ0v) is 13.1. The Morgan fingerprint density at radius 2 is 1.47 bits per heavy atom. The molecule has 1 aliphatic carbocycles. The third-order valence-electron chi connectivity index (χ3n) is 5.59. The summed E-state index contributed by atoms with van der Waals surface area (Å²) in [6.45, 7) is 3.70. The summed E-state index contributed by atoms with van der Waals surface area (Å²) in [5, 5.41) is 3.76. The van der Waals surface area contributed by atoms with Crippen molar-refractivity contribution in [3.05, 3.63) is 0 Å². The number of rotatable bonds is 4. The molecule has 2 fully saturated rings. The van der Waals surface area contributed by atoms with Crippen LogP contribution in [0.5, 0.6) is 0 Å². The molecule has 1 aliphatic heterocycles. The Labute approximate surface area is 120 Å². The van der Waals surface area contributed by atoms with Crippen molar-refractivity contribution in [3.8, 4) is 0 Å². The third-order valence-corrected chi connectivity index (χ3v) is 5.59. The number of hydrogen-bond acceptors (Lipinski definition) is 1. The van der Waals surface area contributed by atoms with Gasteiger partial charge < -0.3 is 5.32 Å². The first kappa shape index (κ1) is 15.4.